The summed E-state index contributed by atoms with van der Waals surface area (Å²) in [6, 6.07) is 7.77. The lowest BCUT2D eigenvalue weighted by Crippen LogP contribution is -2.49. The first kappa shape index (κ1) is 22.5. The van der Waals surface area contributed by atoms with E-state index in [1.807, 2.05) is 24.8 Å². The molecular formula is C24H25F3N6O. The molecule has 4 heterocycles. The van der Waals surface area contributed by atoms with Gasteiger partial charge in [0.2, 0.25) is 0 Å². The standard InChI is InChI=1S/C24H25F3N6O/c1-15(2)32-10-8-18(13-32)23(34,24(25,26)27)17-3-5-19(6-4-17)33-12-16(11-31-33)20-7-9-28-22-21(20)29-14-30-22/h3-7,9,11-12,14-15,18,34H,8,10,13H2,1-2H3,(H,28,29,30). The van der Waals surface area contributed by atoms with E-state index in [0.717, 1.165) is 16.6 Å². The fourth-order valence-corrected chi connectivity index (χ4v) is 4.79. The molecule has 2 atom stereocenters. The van der Waals surface area contributed by atoms with Crippen molar-refractivity contribution in [3.63, 3.8) is 0 Å². The molecule has 0 bridgehead atoms. The number of alkyl halides is 3. The Kier molecular flexibility index (Phi) is 5.44. The van der Waals surface area contributed by atoms with Crippen LogP contribution in [0.15, 0.2) is 55.2 Å². The number of nitrogens with one attached hydrogen (secondary N) is 1. The van der Waals surface area contributed by atoms with Crippen LogP contribution in [0.3, 0.4) is 0 Å². The fourth-order valence-electron chi connectivity index (χ4n) is 4.79. The summed E-state index contributed by atoms with van der Waals surface area (Å²) in [5.41, 5.74) is 0.571. The number of pyridine rings is 1. The zero-order valence-corrected chi connectivity index (χ0v) is 18.8. The Labute approximate surface area is 194 Å². The Balaban J connectivity index is 1.45. The second kappa shape index (κ2) is 8.21. The van der Waals surface area contributed by atoms with Gasteiger partial charge >= 0.3 is 6.18 Å². The number of aromatic amines is 1. The largest absolute Gasteiger partial charge is 0.421 e. The molecule has 1 aliphatic rings. The molecule has 3 aromatic heterocycles. The van der Waals surface area contributed by atoms with Gasteiger partial charge in [-0.1, -0.05) is 12.1 Å². The van der Waals surface area contributed by atoms with E-state index in [1.165, 1.54) is 12.1 Å². The Morgan fingerprint density at radius 3 is 2.56 bits per heavy atom. The minimum atomic E-state index is -4.79. The molecule has 2 unspecified atom stereocenters. The maximum atomic E-state index is 14.2. The number of likely N-dealkylation sites (tertiary alicyclic amines) is 1. The molecule has 0 radical (unpaired) electrons. The van der Waals surface area contributed by atoms with Crippen molar-refractivity contribution < 1.29 is 18.3 Å². The van der Waals surface area contributed by atoms with Crippen molar-refractivity contribution in [2.75, 3.05) is 13.1 Å². The number of imidazole rings is 1. The highest BCUT2D eigenvalue weighted by atomic mass is 19.4. The third-order valence-electron chi connectivity index (χ3n) is 6.77. The number of H-pyrrole nitrogens is 1. The van der Waals surface area contributed by atoms with Crippen LogP contribution in [0.25, 0.3) is 28.0 Å². The van der Waals surface area contributed by atoms with Crippen LogP contribution in [0.4, 0.5) is 13.2 Å². The van der Waals surface area contributed by atoms with E-state index in [9.17, 15) is 18.3 Å². The summed E-state index contributed by atoms with van der Waals surface area (Å²) in [7, 11) is 0. The molecular weight excluding hydrogens is 445 g/mol. The number of rotatable bonds is 5. The number of nitrogens with zero attached hydrogens (tertiary/aromatic N) is 5. The van der Waals surface area contributed by atoms with Crippen LogP contribution in [0, 0.1) is 5.92 Å². The maximum Gasteiger partial charge on any atom is 0.421 e. The van der Waals surface area contributed by atoms with Crippen molar-refractivity contribution in [1.82, 2.24) is 29.6 Å². The first-order chi connectivity index (χ1) is 16.2. The molecule has 2 N–H and O–H groups in total. The van der Waals surface area contributed by atoms with Crippen LogP contribution in [-0.2, 0) is 5.60 Å². The molecule has 1 fully saturated rings. The lowest BCUT2D eigenvalue weighted by Gasteiger charge is -2.36. The molecule has 10 heteroatoms. The van der Waals surface area contributed by atoms with E-state index in [4.69, 9.17) is 0 Å². The SMILES string of the molecule is CC(C)N1CCC(C(O)(c2ccc(-n3cc(-c4ccnc5nc[nH]c45)cn3)cc2)C(F)(F)F)C1. The fraction of sp³-hybridized carbons (Fsp3) is 0.375. The number of halogens is 3. The van der Waals surface area contributed by atoms with E-state index in [0.29, 0.717) is 17.9 Å². The van der Waals surface area contributed by atoms with E-state index < -0.39 is 17.7 Å². The van der Waals surface area contributed by atoms with E-state index in [1.54, 1.807) is 41.7 Å². The smallest absolute Gasteiger partial charge is 0.376 e. The predicted molar refractivity (Wildman–Crippen MR) is 121 cm³/mol. The monoisotopic (exact) mass is 470 g/mol. The maximum absolute atomic E-state index is 14.2. The van der Waals surface area contributed by atoms with Gasteiger partial charge in [0.05, 0.1) is 23.7 Å². The van der Waals surface area contributed by atoms with Crippen LogP contribution in [-0.4, -0.2) is 60.0 Å². The van der Waals surface area contributed by atoms with E-state index >= 15 is 0 Å². The van der Waals surface area contributed by atoms with Gasteiger partial charge in [0.25, 0.3) is 0 Å². The summed E-state index contributed by atoms with van der Waals surface area (Å²) in [5, 5.41) is 15.4. The van der Waals surface area contributed by atoms with Crippen molar-refractivity contribution in [2.45, 2.75) is 38.1 Å². The molecule has 7 nitrogen and oxygen atoms in total. The summed E-state index contributed by atoms with van der Waals surface area (Å²) in [5.74, 6) is -0.930. The molecule has 0 spiro atoms. The minimum Gasteiger partial charge on any atom is -0.376 e. The number of benzene rings is 1. The van der Waals surface area contributed by atoms with Crippen molar-refractivity contribution in [3.05, 3.63) is 60.8 Å². The highest BCUT2D eigenvalue weighted by Crippen LogP contribution is 2.48. The van der Waals surface area contributed by atoms with Crippen LogP contribution in [0.5, 0.6) is 0 Å². The van der Waals surface area contributed by atoms with Crippen LogP contribution in [0.2, 0.25) is 0 Å². The summed E-state index contributed by atoms with van der Waals surface area (Å²) < 4.78 is 44.1. The number of hydrogen-bond donors (Lipinski definition) is 2. The predicted octanol–water partition coefficient (Wildman–Crippen LogP) is 4.29. The molecule has 0 saturated carbocycles. The zero-order valence-electron chi connectivity index (χ0n) is 18.8. The van der Waals surface area contributed by atoms with Crippen LogP contribution < -0.4 is 0 Å². The second-order valence-electron chi connectivity index (χ2n) is 9.02. The number of hydrogen-bond acceptors (Lipinski definition) is 5. The van der Waals surface area contributed by atoms with Gasteiger partial charge in [0.1, 0.15) is 0 Å². The third-order valence-corrected chi connectivity index (χ3v) is 6.77. The highest BCUT2D eigenvalue weighted by molar-refractivity contribution is 5.88. The minimum absolute atomic E-state index is 0.127. The summed E-state index contributed by atoms with van der Waals surface area (Å²) in [4.78, 5) is 13.4. The van der Waals surface area contributed by atoms with Crippen molar-refractivity contribution in [3.8, 4) is 16.8 Å². The molecule has 0 aliphatic carbocycles. The first-order valence-electron chi connectivity index (χ1n) is 11.2. The van der Waals surface area contributed by atoms with Gasteiger partial charge in [-0.15, -0.1) is 0 Å². The van der Waals surface area contributed by atoms with Gasteiger partial charge in [0.15, 0.2) is 11.2 Å². The molecule has 1 aromatic carbocycles. The summed E-state index contributed by atoms with van der Waals surface area (Å²) in [6.07, 6.45) is 2.18. The van der Waals surface area contributed by atoms with Crippen LogP contribution >= 0.6 is 0 Å². The molecule has 5 rings (SSSR count). The quantitative estimate of drug-likeness (QED) is 0.455. The summed E-state index contributed by atoms with van der Waals surface area (Å²) >= 11 is 0. The molecule has 34 heavy (non-hydrogen) atoms. The Morgan fingerprint density at radius 1 is 1.12 bits per heavy atom. The van der Waals surface area contributed by atoms with Gasteiger partial charge in [-0.05, 0) is 50.6 Å². The first-order valence-corrected chi connectivity index (χ1v) is 11.2. The lowest BCUT2D eigenvalue weighted by atomic mass is 9.80. The second-order valence-corrected chi connectivity index (χ2v) is 9.02. The van der Waals surface area contributed by atoms with Gasteiger partial charge < -0.3 is 15.0 Å². The van der Waals surface area contributed by atoms with Gasteiger partial charge in [-0.3, -0.25) is 0 Å². The third kappa shape index (κ3) is 3.67. The Bertz CT molecular complexity index is 1300. The van der Waals surface area contributed by atoms with Crippen molar-refractivity contribution in [2.24, 2.45) is 5.92 Å². The van der Waals surface area contributed by atoms with E-state index in [2.05, 4.69) is 20.1 Å². The highest BCUT2D eigenvalue weighted by Gasteiger charge is 2.60. The Morgan fingerprint density at radius 2 is 1.88 bits per heavy atom. The molecule has 1 aliphatic heterocycles. The Hall–Kier alpha value is -3.24. The number of aromatic nitrogens is 5. The van der Waals surface area contributed by atoms with Crippen molar-refractivity contribution in [1.29, 1.82) is 0 Å². The normalized spacial score (nSPS) is 19.2. The molecule has 4 aromatic rings. The van der Waals surface area contributed by atoms with Gasteiger partial charge in [-0.2, -0.15) is 18.3 Å². The van der Waals surface area contributed by atoms with Crippen molar-refractivity contribution >= 4 is 11.2 Å². The van der Waals surface area contributed by atoms with Gasteiger partial charge in [0, 0.05) is 42.0 Å². The average molecular weight is 470 g/mol. The number of fused-ring (bicyclic) bond motifs is 1. The molecule has 178 valence electrons. The topological polar surface area (TPSA) is 82.9 Å². The molecule has 1 saturated heterocycles. The zero-order chi connectivity index (χ0) is 24.1. The average Bonchev–Trinajstić information content (AvgIpc) is 3.58. The summed E-state index contributed by atoms with van der Waals surface area (Å²) in [6.45, 7) is 4.64. The van der Waals surface area contributed by atoms with Crippen LogP contribution in [0.1, 0.15) is 25.8 Å². The lowest BCUT2D eigenvalue weighted by molar-refractivity contribution is -0.285. The molecule has 0 amide bonds. The van der Waals surface area contributed by atoms with E-state index in [-0.39, 0.29) is 24.6 Å². The van der Waals surface area contributed by atoms with Gasteiger partial charge in [-0.25, -0.2) is 14.6 Å². The number of aliphatic hydroxyl groups is 1.